The molecule has 0 spiro atoms. The van der Waals surface area contributed by atoms with Crippen molar-refractivity contribution in [1.82, 2.24) is 5.32 Å². The third kappa shape index (κ3) is 3.92. The fourth-order valence-electron chi connectivity index (χ4n) is 1.31. The standard InChI is InChI=1S/C11H19NS/c1-3-10-7-8-11(13-10)6-5-9-12-4-2/h7-8,12H,3-6,9H2,1-2H3. The van der Waals surface area contributed by atoms with Crippen molar-refractivity contribution in [3.63, 3.8) is 0 Å². The van der Waals surface area contributed by atoms with Crippen molar-refractivity contribution in [1.29, 1.82) is 0 Å². The highest BCUT2D eigenvalue weighted by Gasteiger charge is 1.97. The van der Waals surface area contributed by atoms with Gasteiger partial charge in [-0.15, -0.1) is 11.3 Å². The van der Waals surface area contributed by atoms with Crippen LogP contribution in [0.25, 0.3) is 0 Å². The Kier molecular flexibility index (Phi) is 5.09. The summed E-state index contributed by atoms with van der Waals surface area (Å²) in [4.78, 5) is 3.05. The first-order chi connectivity index (χ1) is 6.36. The highest BCUT2D eigenvalue weighted by Crippen LogP contribution is 2.17. The maximum absolute atomic E-state index is 3.34. The molecule has 0 bridgehead atoms. The summed E-state index contributed by atoms with van der Waals surface area (Å²) < 4.78 is 0. The Morgan fingerprint density at radius 1 is 1.23 bits per heavy atom. The molecule has 2 heteroatoms. The summed E-state index contributed by atoms with van der Waals surface area (Å²) in [7, 11) is 0. The number of thiophene rings is 1. The van der Waals surface area contributed by atoms with Crippen LogP contribution in [0.15, 0.2) is 12.1 Å². The van der Waals surface area contributed by atoms with Crippen molar-refractivity contribution >= 4 is 11.3 Å². The largest absolute Gasteiger partial charge is 0.317 e. The van der Waals surface area contributed by atoms with E-state index < -0.39 is 0 Å². The molecular weight excluding hydrogens is 178 g/mol. The number of hydrogen-bond donors (Lipinski definition) is 1. The van der Waals surface area contributed by atoms with Crippen molar-refractivity contribution in [2.45, 2.75) is 33.1 Å². The summed E-state index contributed by atoms with van der Waals surface area (Å²) in [5.41, 5.74) is 0. The monoisotopic (exact) mass is 197 g/mol. The van der Waals surface area contributed by atoms with E-state index in [9.17, 15) is 0 Å². The van der Waals surface area contributed by atoms with Gasteiger partial charge in [-0.2, -0.15) is 0 Å². The summed E-state index contributed by atoms with van der Waals surface area (Å²) in [5, 5.41) is 3.34. The Balaban J connectivity index is 2.20. The number of aryl methyl sites for hydroxylation is 2. The summed E-state index contributed by atoms with van der Waals surface area (Å²) in [6.45, 7) is 6.61. The molecule has 1 rings (SSSR count). The van der Waals surface area contributed by atoms with Gasteiger partial charge in [0.25, 0.3) is 0 Å². The maximum Gasteiger partial charge on any atom is 0.00486 e. The Hall–Kier alpha value is -0.340. The number of nitrogens with one attached hydrogen (secondary N) is 1. The van der Waals surface area contributed by atoms with Crippen LogP contribution in [0, 0.1) is 0 Å². The molecule has 1 aromatic rings. The molecule has 0 saturated heterocycles. The maximum atomic E-state index is 3.34. The van der Waals surface area contributed by atoms with Gasteiger partial charge in [0.1, 0.15) is 0 Å². The minimum atomic E-state index is 1.09. The molecule has 0 radical (unpaired) electrons. The summed E-state index contributed by atoms with van der Waals surface area (Å²) >= 11 is 1.96. The minimum Gasteiger partial charge on any atom is -0.317 e. The van der Waals surface area contributed by atoms with E-state index in [1.54, 1.807) is 0 Å². The lowest BCUT2D eigenvalue weighted by molar-refractivity contribution is 0.675. The quantitative estimate of drug-likeness (QED) is 0.691. The van der Waals surface area contributed by atoms with Gasteiger partial charge in [-0.05, 0) is 44.5 Å². The van der Waals surface area contributed by atoms with Crippen molar-refractivity contribution in [2.24, 2.45) is 0 Å². The second kappa shape index (κ2) is 6.17. The molecule has 0 aliphatic rings. The van der Waals surface area contributed by atoms with Crippen LogP contribution >= 0.6 is 11.3 Å². The van der Waals surface area contributed by atoms with Gasteiger partial charge in [-0.3, -0.25) is 0 Å². The van der Waals surface area contributed by atoms with Crippen LogP contribution in [0.4, 0.5) is 0 Å². The van der Waals surface area contributed by atoms with Crippen molar-refractivity contribution < 1.29 is 0 Å². The molecule has 0 amide bonds. The van der Waals surface area contributed by atoms with Gasteiger partial charge in [0, 0.05) is 9.75 Å². The predicted molar refractivity (Wildman–Crippen MR) is 60.6 cm³/mol. The highest BCUT2D eigenvalue weighted by molar-refractivity contribution is 7.11. The Morgan fingerprint density at radius 2 is 2.00 bits per heavy atom. The Bertz CT molecular complexity index is 230. The third-order valence-corrected chi connectivity index (χ3v) is 3.38. The van der Waals surface area contributed by atoms with E-state index in [2.05, 4.69) is 31.3 Å². The van der Waals surface area contributed by atoms with Crippen LogP contribution in [-0.4, -0.2) is 13.1 Å². The first-order valence-electron chi connectivity index (χ1n) is 5.15. The van der Waals surface area contributed by atoms with Gasteiger partial charge in [0.2, 0.25) is 0 Å². The topological polar surface area (TPSA) is 12.0 Å². The molecule has 0 aliphatic carbocycles. The minimum absolute atomic E-state index is 1.09. The van der Waals surface area contributed by atoms with Gasteiger partial charge in [0.15, 0.2) is 0 Å². The lowest BCUT2D eigenvalue weighted by Crippen LogP contribution is -2.14. The molecule has 0 saturated carbocycles. The lowest BCUT2D eigenvalue weighted by Gasteiger charge is -1.98. The average Bonchev–Trinajstić information content (AvgIpc) is 2.60. The van der Waals surface area contributed by atoms with Crippen LogP contribution in [-0.2, 0) is 12.8 Å². The van der Waals surface area contributed by atoms with Gasteiger partial charge < -0.3 is 5.32 Å². The highest BCUT2D eigenvalue weighted by atomic mass is 32.1. The van der Waals surface area contributed by atoms with Crippen LogP contribution in [0.1, 0.15) is 30.0 Å². The molecule has 13 heavy (non-hydrogen) atoms. The summed E-state index contributed by atoms with van der Waals surface area (Å²) in [5.74, 6) is 0. The van der Waals surface area contributed by atoms with Gasteiger partial charge >= 0.3 is 0 Å². The predicted octanol–water partition coefficient (Wildman–Crippen LogP) is 2.85. The molecule has 1 aromatic heterocycles. The first-order valence-corrected chi connectivity index (χ1v) is 5.96. The second-order valence-corrected chi connectivity index (χ2v) is 4.43. The normalized spacial score (nSPS) is 10.6. The van der Waals surface area contributed by atoms with E-state index in [1.165, 1.54) is 29.0 Å². The van der Waals surface area contributed by atoms with E-state index in [-0.39, 0.29) is 0 Å². The molecule has 1 N–H and O–H groups in total. The van der Waals surface area contributed by atoms with Gasteiger partial charge in [-0.25, -0.2) is 0 Å². The van der Waals surface area contributed by atoms with Crippen molar-refractivity contribution in [3.05, 3.63) is 21.9 Å². The number of rotatable bonds is 6. The van der Waals surface area contributed by atoms with Crippen LogP contribution in [0.5, 0.6) is 0 Å². The summed E-state index contributed by atoms with van der Waals surface area (Å²) in [6, 6.07) is 4.53. The van der Waals surface area contributed by atoms with Crippen LogP contribution in [0.2, 0.25) is 0 Å². The molecule has 0 unspecified atom stereocenters. The van der Waals surface area contributed by atoms with Crippen LogP contribution < -0.4 is 5.32 Å². The first kappa shape index (κ1) is 10.7. The van der Waals surface area contributed by atoms with Gasteiger partial charge in [-0.1, -0.05) is 13.8 Å². The Morgan fingerprint density at radius 3 is 2.62 bits per heavy atom. The van der Waals surface area contributed by atoms with Gasteiger partial charge in [0.05, 0.1) is 0 Å². The average molecular weight is 197 g/mol. The number of hydrogen-bond acceptors (Lipinski definition) is 2. The second-order valence-electron chi connectivity index (χ2n) is 3.18. The smallest absolute Gasteiger partial charge is 0.00486 e. The van der Waals surface area contributed by atoms with E-state index in [4.69, 9.17) is 0 Å². The third-order valence-electron chi connectivity index (χ3n) is 2.09. The molecular formula is C11H19NS. The fourth-order valence-corrected chi connectivity index (χ4v) is 2.31. The molecule has 0 aliphatic heterocycles. The van der Waals surface area contributed by atoms with Crippen molar-refractivity contribution in [3.8, 4) is 0 Å². The SMILES string of the molecule is CCNCCCc1ccc(CC)s1. The zero-order valence-corrected chi connectivity index (χ0v) is 9.41. The molecule has 0 aromatic carbocycles. The van der Waals surface area contributed by atoms with E-state index >= 15 is 0 Å². The molecule has 0 fully saturated rings. The molecule has 0 atom stereocenters. The van der Waals surface area contributed by atoms with Crippen molar-refractivity contribution in [2.75, 3.05) is 13.1 Å². The zero-order chi connectivity index (χ0) is 9.52. The zero-order valence-electron chi connectivity index (χ0n) is 8.60. The lowest BCUT2D eigenvalue weighted by atomic mass is 10.2. The Labute approximate surface area is 85.2 Å². The molecule has 74 valence electrons. The summed E-state index contributed by atoms with van der Waals surface area (Å²) in [6.07, 6.45) is 3.67. The fraction of sp³-hybridized carbons (Fsp3) is 0.636. The molecule has 1 nitrogen and oxygen atoms in total. The van der Waals surface area contributed by atoms with E-state index in [0.717, 1.165) is 13.1 Å². The molecule has 1 heterocycles. The van der Waals surface area contributed by atoms with E-state index in [1.807, 2.05) is 11.3 Å². The van der Waals surface area contributed by atoms with Crippen LogP contribution in [0.3, 0.4) is 0 Å². The van der Waals surface area contributed by atoms with E-state index in [0.29, 0.717) is 0 Å².